The lowest BCUT2D eigenvalue weighted by Gasteiger charge is -2.09. The molecule has 7 aromatic rings. The molecule has 2 aromatic heterocycles. The Morgan fingerprint density at radius 1 is 0.361 bits per heavy atom. The number of fused-ring (bicyclic) bond motifs is 3. The van der Waals surface area contributed by atoms with E-state index >= 15 is 0 Å². The molecule has 2 nitrogen and oxygen atoms in total. The second-order valence-corrected chi connectivity index (χ2v) is 9.17. The molecule has 7 rings (SSSR count). The van der Waals surface area contributed by atoms with E-state index in [1.54, 1.807) is 0 Å². The topological polar surface area (TPSA) is 25.8 Å². The molecule has 0 radical (unpaired) electrons. The Kier molecular flexibility index (Phi) is 4.82. The zero-order valence-corrected chi connectivity index (χ0v) is 19.6. The van der Waals surface area contributed by atoms with E-state index in [9.17, 15) is 0 Å². The first kappa shape index (κ1) is 20.5. The van der Waals surface area contributed by atoms with E-state index < -0.39 is 0 Å². The maximum absolute atomic E-state index is 4.99. The molecule has 2 heterocycles. The van der Waals surface area contributed by atoms with Gasteiger partial charge in [0.15, 0.2) is 0 Å². The van der Waals surface area contributed by atoms with Crippen LogP contribution in [0.4, 0.5) is 0 Å². The van der Waals surface area contributed by atoms with Crippen molar-refractivity contribution >= 4 is 32.4 Å². The molecule has 0 atom stereocenters. The van der Waals surface area contributed by atoms with Crippen molar-refractivity contribution in [3.8, 4) is 33.6 Å². The Morgan fingerprint density at radius 3 is 1.81 bits per heavy atom. The van der Waals surface area contributed by atoms with E-state index in [1.807, 2.05) is 30.5 Å². The average Bonchev–Trinajstić information content (AvgIpc) is 2.96. The van der Waals surface area contributed by atoms with Crippen LogP contribution in [0.2, 0.25) is 0 Å². The van der Waals surface area contributed by atoms with Crippen molar-refractivity contribution < 1.29 is 0 Å². The number of pyridine rings is 2. The molecule has 0 saturated heterocycles. The van der Waals surface area contributed by atoms with Gasteiger partial charge in [-0.05, 0) is 81.2 Å². The molecular formula is C34H22N2. The minimum absolute atomic E-state index is 0.929. The van der Waals surface area contributed by atoms with Crippen LogP contribution in [-0.2, 0) is 0 Å². The largest absolute Gasteiger partial charge is 0.256 e. The average molecular weight is 459 g/mol. The van der Waals surface area contributed by atoms with Gasteiger partial charge in [0.25, 0.3) is 0 Å². The van der Waals surface area contributed by atoms with Crippen LogP contribution in [0.5, 0.6) is 0 Å². The predicted molar refractivity (Wildman–Crippen MR) is 151 cm³/mol. The molecule has 0 unspecified atom stereocenters. The number of aromatic nitrogens is 2. The molecular weight excluding hydrogens is 436 g/mol. The fourth-order valence-electron chi connectivity index (χ4n) is 4.93. The van der Waals surface area contributed by atoms with Gasteiger partial charge in [-0.2, -0.15) is 0 Å². The lowest BCUT2D eigenvalue weighted by Crippen LogP contribution is -1.89. The summed E-state index contributed by atoms with van der Waals surface area (Å²) in [5.41, 5.74) is 7.50. The maximum atomic E-state index is 4.99. The molecule has 0 fully saturated rings. The predicted octanol–water partition coefficient (Wildman–Crippen LogP) is 8.94. The number of benzene rings is 5. The zero-order valence-electron chi connectivity index (χ0n) is 19.6. The van der Waals surface area contributed by atoms with Gasteiger partial charge < -0.3 is 0 Å². The maximum Gasteiger partial charge on any atom is 0.0725 e. The Morgan fingerprint density at radius 2 is 1.00 bits per heavy atom. The molecule has 0 spiro atoms. The highest BCUT2D eigenvalue weighted by molar-refractivity contribution is 6.01. The van der Waals surface area contributed by atoms with Crippen molar-refractivity contribution in [3.63, 3.8) is 0 Å². The second-order valence-electron chi connectivity index (χ2n) is 9.17. The van der Waals surface area contributed by atoms with Crippen molar-refractivity contribution in [2.24, 2.45) is 0 Å². The molecule has 0 saturated carbocycles. The van der Waals surface area contributed by atoms with Gasteiger partial charge in [-0.15, -0.1) is 0 Å². The fraction of sp³-hybridized carbons (Fsp3) is 0. The SMILES string of the molecule is c1ccc(-c2ccc3cc4cc(-c5cccc(-c6cnc7ccccc7c6)n5)ccc4cc3c2)cc1. The summed E-state index contributed by atoms with van der Waals surface area (Å²) in [6.45, 7) is 0. The van der Waals surface area contributed by atoms with Gasteiger partial charge in [-0.25, -0.2) is 4.98 Å². The van der Waals surface area contributed by atoms with Crippen LogP contribution in [0.1, 0.15) is 0 Å². The minimum Gasteiger partial charge on any atom is -0.256 e. The van der Waals surface area contributed by atoms with Gasteiger partial charge in [0.05, 0.1) is 16.9 Å². The summed E-state index contributed by atoms with van der Waals surface area (Å²) in [7, 11) is 0. The third-order valence-electron chi connectivity index (χ3n) is 6.83. The van der Waals surface area contributed by atoms with Gasteiger partial charge in [0.1, 0.15) is 0 Å². The number of para-hydroxylation sites is 1. The van der Waals surface area contributed by atoms with Gasteiger partial charge >= 0.3 is 0 Å². The van der Waals surface area contributed by atoms with Crippen LogP contribution in [0.3, 0.4) is 0 Å². The number of rotatable bonds is 3. The Balaban J connectivity index is 1.28. The van der Waals surface area contributed by atoms with Crippen molar-refractivity contribution in [3.05, 3.63) is 134 Å². The standard InChI is InChI=1S/C34H22N2/c1-2-7-23(8-3-1)24-13-14-25-19-30-20-28(16-15-26(30)18-29(25)17-24)33-11-6-12-34(36-33)31-21-27-9-4-5-10-32(27)35-22-31/h1-22H. The third-order valence-corrected chi connectivity index (χ3v) is 6.83. The van der Waals surface area contributed by atoms with Crippen LogP contribution < -0.4 is 0 Å². The van der Waals surface area contributed by atoms with E-state index in [4.69, 9.17) is 4.98 Å². The molecule has 0 N–H and O–H groups in total. The lowest BCUT2D eigenvalue weighted by atomic mass is 9.97. The minimum atomic E-state index is 0.929. The molecule has 0 amide bonds. The summed E-state index contributed by atoms with van der Waals surface area (Å²) in [5.74, 6) is 0. The van der Waals surface area contributed by atoms with Crippen molar-refractivity contribution in [2.45, 2.75) is 0 Å². The van der Waals surface area contributed by atoms with Gasteiger partial charge in [-0.1, -0.05) is 78.9 Å². The Hall–Kier alpha value is -4.82. The molecule has 5 aromatic carbocycles. The first-order chi connectivity index (χ1) is 17.8. The molecule has 168 valence electrons. The van der Waals surface area contributed by atoms with E-state index in [2.05, 4.69) is 108 Å². The second kappa shape index (κ2) is 8.44. The van der Waals surface area contributed by atoms with Gasteiger partial charge in [-0.3, -0.25) is 4.98 Å². The molecule has 0 aliphatic rings. The Labute approximate surface area is 209 Å². The van der Waals surface area contributed by atoms with E-state index in [0.717, 1.165) is 33.4 Å². The number of hydrogen-bond acceptors (Lipinski definition) is 2. The highest BCUT2D eigenvalue weighted by Gasteiger charge is 2.08. The van der Waals surface area contributed by atoms with Crippen LogP contribution in [-0.4, -0.2) is 9.97 Å². The summed E-state index contributed by atoms with van der Waals surface area (Å²) in [6.07, 6.45) is 1.91. The summed E-state index contributed by atoms with van der Waals surface area (Å²) in [5, 5.41) is 6.05. The van der Waals surface area contributed by atoms with Crippen LogP contribution in [0, 0.1) is 0 Å². The van der Waals surface area contributed by atoms with Gasteiger partial charge in [0.2, 0.25) is 0 Å². The molecule has 0 bridgehead atoms. The smallest absolute Gasteiger partial charge is 0.0725 e. The van der Waals surface area contributed by atoms with Crippen LogP contribution in [0.25, 0.3) is 66.1 Å². The first-order valence-electron chi connectivity index (χ1n) is 12.2. The van der Waals surface area contributed by atoms with E-state index in [0.29, 0.717) is 0 Å². The summed E-state index contributed by atoms with van der Waals surface area (Å²) in [4.78, 5) is 9.61. The summed E-state index contributed by atoms with van der Waals surface area (Å²) >= 11 is 0. The van der Waals surface area contributed by atoms with Crippen LogP contribution >= 0.6 is 0 Å². The fourth-order valence-corrected chi connectivity index (χ4v) is 4.93. The molecule has 36 heavy (non-hydrogen) atoms. The van der Waals surface area contributed by atoms with E-state index in [1.165, 1.54) is 32.7 Å². The quantitative estimate of drug-likeness (QED) is 0.247. The first-order valence-corrected chi connectivity index (χ1v) is 12.2. The Bertz CT molecular complexity index is 1890. The number of hydrogen-bond donors (Lipinski definition) is 0. The third kappa shape index (κ3) is 3.70. The van der Waals surface area contributed by atoms with Gasteiger partial charge in [0, 0.05) is 22.7 Å². The molecule has 2 heteroatoms. The number of nitrogens with zero attached hydrogens (tertiary/aromatic N) is 2. The highest BCUT2D eigenvalue weighted by Crippen LogP contribution is 2.31. The lowest BCUT2D eigenvalue weighted by molar-refractivity contribution is 1.31. The van der Waals surface area contributed by atoms with Crippen molar-refractivity contribution in [1.29, 1.82) is 0 Å². The highest BCUT2D eigenvalue weighted by atomic mass is 14.7. The summed E-state index contributed by atoms with van der Waals surface area (Å²) < 4.78 is 0. The van der Waals surface area contributed by atoms with Crippen molar-refractivity contribution in [1.82, 2.24) is 9.97 Å². The van der Waals surface area contributed by atoms with Crippen LogP contribution in [0.15, 0.2) is 134 Å². The van der Waals surface area contributed by atoms with E-state index in [-0.39, 0.29) is 0 Å². The van der Waals surface area contributed by atoms with Crippen molar-refractivity contribution in [2.75, 3.05) is 0 Å². The zero-order chi connectivity index (χ0) is 23.9. The summed E-state index contributed by atoms with van der Waals surface area (Å²) in [6, 6.07) is 44.9. The normalized spacial score (nSPS) is 11.3. The molecule has 0 aliphatic heterocycles. The molecule has 0 aliphatic carbocycles. The monoisotopic (exact) mass is 458 g/mol.